The predicted molar refractivity (Wildman–Crippen MR) is 97.0 cm³/mol. The second kappa shape index (κ2) is 4.11. The van der Waals surface area contributed by atoms with Crippen molar-refractivity contribution in [2.75, 3.05) is 14.2 Å². The normalized spacial score (nSPS) is 59.8. The summed E-state index contributed by atoms with van der Waals surface area (Å²) in [6.07, 6.45) is 0. The summed E-state index contributed by atoms with van der Waals surface area (Å²) in [4.78, 5) is 53.8. The molecule has 0 N–H and O–H groups in total. The van der Waals surface area contributed by atoms with Gasteiger partial charge in [0.1, 0.15) is 11.6 Å². The van der Waals surface area contributed by atoms with Crippen molar-refractivity contribution >= 4 is 23.5 Å². The van der Waals surface area contributed by atoms with Crippen LogP contribution in [-0.2, 0) is 28.7 Å². The standard InChI is InChI=1S/C24H20O6/c1-29-23(27)19-9-3-4-10(19)6-8-12(4)20(24(28)30-2)11(3)7-5(9)15-13-14(16(6)21(15)25)18(8)22(26)17(7)13/h3-4,9-20H,1-2H3. The van der Waals surface area contributed by atoms with E-state index in [1.165, 1.54) is 14.2 Å². The first-order valence-corrected chi connectivity index (χ1v) is 11.2. The van der Waals surface area contributed by atoms with E-state index in [1.807, 2.05) is 0 Å². The number of allylic oxidation sites excluding steroid dienone is 4. The average Bonchev–Trinajstić information content (AvgIpc) is 3.51. The minimum atomic E-state index is -0.253. The molecule has 0 amide bonds. The largest absolute Gasteiger partial charge is 0.469 e. The number of Topliss-reactive ketones (excluding diaryl/α,β-unsaturated/α-hetero) is 2. The highest BCUT2D eigenvalue weighted by Crippen LogP contribution is 2.86. The number of esters is 2. The number of carbonyl (C=O) groups excluding carboxylic acids is 4. The van der Waals surface area contributed by atoms with Gasteiger partial charge in [-0.1, -0.05) is 22.3 Å². The number of ether oxygens (including phenoxy) is 2. The van der Waals surface area contributed by atoms with Crippen LogP contribution in [0.1, 0.15) is 0 Å². The van der Waals surface area contributed by atoms with Crippen LogP contribution in [0, 0.1) is 82.9 Å². The third-order valence-corrected chi connectivity index (χ3v) is 11.3. The Balaban J connectivity index is 1.46. The molecule has 0 aromatic carbocycles. The summed E-state index contributed by atoms with van der Waals surface area (Å²) in [5, 5.41) is 0. The number of fused-ring (bicyclic) bond motifs is 8. The van der Waals surface area contributed by atoms with Crippen LogP contribution in [0.25, 0.3) is 0 Å². The number of hydrogen-bond acceptors (Lipinski definition) is 6. The first kappa shape index (κ1) is 15.5. The summed E-state index contributed by atoms with van der Waals surface area (Å²) in [6, 6.07) is 0. The predicted octanol–water partition coefficient (Wildman–Crippen LogP) is 0.813. The zero-order valence-electron chi connectivity index (χ0n) is 16.5. The second-order valence-electron chi connectivity index (χ2n) is 11.0. The molecular formula is C24H20O6. The molecule has 0 aromatic heterocycles. The molecule has 4 saturated carbocycles. The van der Waals surface area contributed by atoms with Gasteiger partial charge in [0.15, 0.2) is 0 Å². The van der Waals surface area contributed by atoms with Gasteiger partial charge in [-0.25, -0.2) is 0 Å². The zero-order valence-corrected chi connectivity index (χ0v) is 16.5. The second-order valence-corrected chi connectivity index (χ2v) is 11.0. The van der Waals surface area contributed by atoms with Gasteiger partial charge in [0.2, 0.25) is 0 Å². The fourth-order valence-corrected chi connectivity index (χ4v) is 11.4. The molecule has 4 fully saturated rings. The highest BCUT2D eigenvalue weighted by Gasteiger charge is 2.86. The molecule has 8 aliphatic carbocycles. The molecule has 6 heteroatoms. The molecule has 6 nitrogen and oxygen atoms in total. The maximum atomic E-state index is 13.8. The molecule has 8 rings (SSSR count). The highest BCUT2D eigenvalue weighted by molar-refractivity contribution is 6.06. The van der Waals surface area contributed by atoms with Crippen molar-refractivity contribution in [2.24, 2.45) is 82.9 Å². The monoisotopic (exact) mass is 404 g/mol. The van der Waals surface area contributed by atoms with Gasteiger partial charge in [-0.2, -0.15) is 0 Å². The molecule has 0 aliphatic heterocycles. The number of ketones is 2. The molecule has 8 atom stereocenters. The Kier molecular flexibility index (Phi) is 2.13. The Morgan fingerprint density at radius 1 is 0.567 bits per heavy atom. The first-order chi connectivity index (χ1) is 14.5. The van der Waals surface area contributed by atoms with E-state index in [1.54, 1.807) is 0 Å². The van der Waals surface area contributed by atoms with E-state index in [-0.39, 0.29) is 94.8 Å². The quantitative estimate of drug-likeness (QED) is 0.500. The Morgan fingerprint density at radius 2 is 0.867 bits per heavy atom. The van der Waals surface area contributed by atoms with Crippen LogP contribution in [0.5, 0.6) is 0 Å². The van der Waals surface area contributed by atoms with Gasteiger partial charge in [-0.05, 0) is 47.3 Å². The van der Waals surface area contributed by atoms with E-state index in [4.69, 9.17) is 9.47 Å². The van der Waals surface area contributed by atoms with E-state index >= 15 is 0 Å². The fraction of sp³-hybridized carbons (Fsp3) is 0.667. The van der Waals surface area contributed by atoms with Gasteiger partial charge in [-0.3, -0.25) is 19.2 Å². The van der Waals surface area contributed by atoms with Crippen LogP contribution in [0.4, 0.5) is 0 Å². The Morgan fingerprint density at radius 3 is 1.13 bits per heavy atom. The van der Waals surface area contributed by atoms with Crippen molar-refractivity contribution in [1.29, 1.82) is 0 Å². The van der Waals surface area contributed by atoms with E-state index < -0.39 is 0 Å². The summed E-state index contributed by atoms with van der Waals surface area (Å²) >= 11 is 0. The number of hydrogen-bond donors (Lipinski definition) is 0. The summed E-state index contributed by atoms with van der Waals surface area (Å²) in [5.74, 6) is -0.692. The lowest BCUT2D eigenvalue weighted by Gasteiger charge is -2.30. The van der Waals surface area contributed by atoms with Gasteiger partial charge >= 0.3 is 11.9 Å². The SMILES string of the molecule is COC(=O)C1C2C3=C4C5C(=O)C6C7=C(C8C(=O)C3C5C86)C1C1C7C(C(=O)OC)C4C21. The van der Waals surface area contributed by atoms with Crippen LogP contribution in [0.3, 0.4) is 0 Å². The van der Waals surface area contributed by atoms with Crippen LogP contribution < -0.4 is 0 Å². The van der Waals surface area contributed by atoms with Crippen LogP contribution >= 0.6 is 0 Å². The van der Waals surface area contributed by atoms with E-state index in [9.17, 15) is 19.2 Å². The maximum Gasteiger partial charge on any atom is 0.309 e. The maximum absolute atomic E-state index is 13.8. The molecule has 0 bridgehead atoms. The van der Waals surface area contributed by atoms with Gasteiger partial charge < -0.3 is 9.47 Å². The van der Waals surface area contributed by atoms with Gasteiger partial charge in [0, 0.05) is 23.7 Å². The van der Waals surface area contributed by atoms with Gasteiger partial charge in [0.25, 0.3) is 0 Å². The van der Waals surface area contributed by atoms with Crippen LogP contribution in [-0.4, -0.2) is 37.7 Å². The van der Waals surface area contributed by atoms with Crippen molar-refractivity contribution < 1.29 is 28.7 Å². The smallest absolute Gasteiger partial charge is 0.309 e. The third-order valence-electron chi connectivity index (χ3n) is 11.3. The van der Waals surface area contributed by atoms with Crippen molar-refractivity contribution in [3.63, 3.8) is 0 Å². The Labute approximate surface area is 172 Å². The van der Waals surface area contributed by atoms with Crippen molar-refractivity contribution in [3.8, 4) is 0 Å². The van der Waals surface area contributed by atoms with E-state index in [2.05, 4.69) is 0 Å². The van der Waals surface area contributed by atoms with E-state index in [0.29, 0.717) is 11.6 Å². The molecule has 8 aliphatic rings. The number of rotatable bonds is 2. The summed E-state index contributed by atoms with van der Waals surface area (Å²) in [7, 11) is 2.91. The lowest BCUT2D eigenvalue weighted by atomic mass is 9.72. The minimum Gasteiger partial charge on any atom is -0.469 e. The van der Waals surface area contributed by atoms with Crippen LogP contribution in [0.15, 0.2) is 22.3 Å². The summed E-state index contributed by atoms with van der Waals surface area (Å²) in [5.41, 5.74) is 4.40. The summed E-state index contributed by atoms with van der Waals surface area (Å²) in [6.45, 7) is 0. The van der Waals surface area contributed by atoms with Crippen molar-refractivity contribution in [1.82, 2.24) is 0 Å². The summed E-state index contributed by atoms with van der Waals surface area (Å²) < 4.78 is 10.6. The molecule has 0 radical (unpaired) electrons. The molecule has 8 unspecified atom stereocenters. The van der Waals surface area contributed by atoms with E-state index in [0.717, 1.165) is 22.3 Å². The third kappa shape index (κ3) is 1.07. The number of methoxy groups -OCH3 is 2. The Hall–Kier alpha value is -2.24. The average molecular weight is 404 g/mol. The minimum absolute atomic E-state index is 0.0373. The molecule has 0 saturated heterocycles. The van der Waals surface area contributed by atoms with Crippen molar-refractivity contribution in [2.45, 2.75) is 0 Å². The molecule has 152 valence electrons. The molecule has 0 spiro atoms. The Bertz CT molecular complexity index is 1000. The first-order valence-electron chi connectivity index (χ1n) is 11.2. The lowest BCUT2D eigenvalue weighted by molar-refractivity contribution is -0.149. The molecule has 0 heterocycles. The van der Waals surface area contributed by atoms with Crippen LogP contribution in [0.2, 0.25) is 0 Å². The van der Waals surface area contributed by atoms with Crippen molar-refractivity contribution in [3.05, 3.63) is 22.3 Å². The van der Waals surface area contributed by atoms with Gasteiger partial charge in [0.05, 0.1) is 26.1 Å². The molecule has 30 heavy (non-hydrogen) atoms. The topological polar surface area (TPSA) is 86.7 Å². The lowest BCUT2D eigenvalue weighted by Crippen LogP contribution is -2.37. The molecular weight excluding hydrogens is 384 g/mol. The van der Waals surface area contributed by atoms with Gasteiger partial charge in [-0.15, -0.1) is 0 Å². The zero-order chi connectivity index (χ0) is 20.1. The molecule has 0 aromatic rings. The fourth-order valence-electron chi connectivity index (χ4n) is 11.4. The highest BCUT2D eigenvalue weighted by atomic mass is 16.5. The number of carbonyl (C=O) groups is 4.